The Morgan fingerprint density at radius 3 is 2.94 bits per heavy atom. The quantitative estimate of drug-likeness (QED) is 0.856. The van der Waals surface area contributed by atoms with Crippen LogP contribution in [-0.4, -0.2) is 19.5 Å². The van der Waals surface area contributed by atoms with Gasteiger partial charge in [-0.05, 0) is 38.3 Å². The Labute approximate surface area is 105 Å². The Balaban J connectivity index is 2.25. The predicted octanol–water partition coefficient (Wildman–Crippen LogP) is 1.66. The van der Waals surface area contributed by atoms with Gasteiger partial charge in [-0.2, -0.15) is 5.26 Å². The van der Waals surface area contributed by atoms with Crippen LogP contribution in [0.15, 0.2) is 0 Å². The van der Waals surface area contributed by atoms with Crippen LogP contribution < -0.4 is 10.6 Å². The van der Waals surface area contributed by atoms with Crippen molar-refractivity contribution in [2.75, 3.05) is 18.9 Å². The monoisotopic (exact) mass is 249 g/mol. The lowest BCUT2D eigenvalue weighted by Crippen LogP contribution is -2.24. The number of nitrogens with one attached hydrogen (secondary N) is 2. The van der Waals surface area contributed by atoms with Gasteiger partial charge in [-0.1, -0.05) is 0 Å². The van der Waals surface area contributed by atoms with Crippen molar-refractivity contribution in [3.05, 3.63) is 16.0 Å². The van der Waals surface area contributed by atoms with Crippen molar-refractivity contribution in [3.8, 4) is 6.07 Å². The number of fused-ring (bicyclic) bond motifs is 1. The molecule has 90 valence electrons. The molecule has 0 fully saturated rings. The van der Waals surface area contributed by atoms with Gasteiger partial charge in [0.1, 0.15) is 11.1 Å². The van der Waals surface area contributed by atoms with E-state index >= 15 is 0 Å². The van der Waals surface area contributed by atoms with E-state index in [0.29, 0.717) is 5.56 Å². The lowest BCUT2D eigenvalue weighted by Gasteiger charge is -2.09. The summed E-state index contributed by atoms with van der Waals surface area (Å²) in [6.07, 6.45) is 4.33. The SMILES string of the molecule is CNCC(=O)Nc1sc2c(c1C#N)CCCC2. The van der Waals surface area contributed by atoms with Crippen molar-refractivity contribution in [1.82, 2.24) is 5.32 Å². The Hall–Kier alpha value is -1.38. The second-order valence-electron chi connectivity index (χ2n) is 4.11. The highest BCUT2D eigenvalue weighted by Gasteiger charge is 2.21. The summed E-state index contributed by atoms with van der Waals surface area (Å²) in [5, 5.41) is 15.5. The number of amides is 1. The van der Waals surface area contributed by atoms with E-state index in [9.17, 15) is 10.1 Å². The molecule has 17 heavy (non-hydrogen) atoms. The van der Waals surface area contributed by atoms with E-state index in [1.165, 1.54) is 11.3 Å². The van der Waals surface area contributed by atoms with Crippen molar-refractivity contribution in [2.45, 2.75) is 25.7 Å². The van der Waals surface area contributed by atoms with E-state index in [0.717, 1.165) is 29.8 Å². The number of anilines is 1. The first-order chi connectivity index (χ1) is 8.26. The Bertz CT molecular complexity index is 473. The van der Waals surface area contributed by atoms with Crippen LogP contribution in [0.5, 0.6) is 0 Å². The third-order valence-corrected chi connectivity index (χ3v) is 4.08. The molecule has 2 rings (SSSR count). The number of carbonyl (C=O) groups excluding carboxylic acids is 1. The molecule has 5 heteroatoms. The third kappa shape index (κ3) is 2.48. The molecule has 1 amide bonds. The predicted molar refractivity (Wildman–Crippen MR) is 68.2 cm³/mol. The summed E-state index contributed by atoms with van der Waals surface area (Å²) in [5.74, 6) is -0.0948. The van der Waals surface area contributed by atoms with E-state index < -0.39 is 0 Å². The van der Waals surface area contributed by atoms with Crippen LogP contribution in [0.3, 0.4) is 0 Å². The van der Waals surface area contributed by atoms with Gasteiger partial charge in [-0.25, -0.2) is 0 Å². The molecule has 1 aromatic rings. The van der Waals surface area contributed by atoms with Crippen LogP contribution in [0.4, 0.5) is 5.00 Å². The van der Waals surface area contributed by atoms with E-state index in [2.05, 4.69) is 16.7 Å². The van der Waals surface area contributed by atoms with E-state index in [1.807, 2.05) is 0 Å². The molecule has 1 aliphatic rings. The minimum Gasteiger partial charge on any atom is -0.315 e. The van der Waals surface area contributed by atoms with Crippen LogP contribution in [0.1, 0.15) is 28.8 Å². The number of aryl methyl sites for hydroxylation is 1. The van der Waals surface area contributed by atoms with Crippen molar-refractivity contribution in [1.29, 1.82) is 5.26 Å². The van der Waals surface area contributed by atoms with Crippen LogP contribution in [0, 0.1) is 11.3 Å². The van der Waals surface area contributed by atoms with Crippen LogP contribution in [-0.2, 0) is 17.6 Å². The number of hydrogen-bond acceptors (Lipinski definition) is 4. The van der Waals surface area contributed by atoms with Crippen molar-refractivity contribution in [3.63, 3.8) is 0 Å². The zero-order valence-electron chi connectivity index (χ0n) is 9.80. The summed E-state index contributed by atoms with van der Waals surface area (Å²) in [4.78, 5) is 12.8. The summed E-state index contributed by atoms with van der Waals surface area (Å²) in [5.41, 5.74) is 1.83. The summed E-state index contributed by atoms with van der Waals surface area (Å²) in [6, 6.07) is 2.23. The maximum absolute atomic E-state index is 11.5. The Morgan fingerprint density at radius 2 is 2.24 bits per heavy atom. The zero-order valence-corrected chi connectivity index (χ0v) is 10.6. The van der Waals surface area contributed by atoms with Crippen LogP contribution >= 0.6 is 11.3 Å². The van der Waals surface area contributed by atoms with Gasteiger partial charge in [-0.3, -0.25) is 4.79 Å². The largest absolute Gasteiger partial charge is 0.315 e. The third-order valence-electron chi connectivity index (χ3n) is 2.87. The molecule has 0 saturated carbocycles. The van der Waals surface area contributed by atoms with Gasteiger partial charge in [0, 0.05) is 4.88 Å². The van der Waals surface area contributed by atoms with E-state index in [4.69, 9.17) is 0 Å². The first kappa shape index (κ1) is 12.1. The summed E-state index contributed by atoms with van der Waals surface area (Å²) in [6.45, 7) is 0.271. The number of nitriles is 1. The Morgan fingerprint density at radius 1 is 1.47 bits per heavy atom. The molecule has 0 aromatic carbocycles. The minimum absolute atomic E-state index is 0.0948. The number of nitrogens with zero attached hydrogens (tertiary/aromatic N) is 1. The summed E-state index contributed by atoms with van der Waals surface area (Å²) >= 11 is 1.56. The average Bonchev–Trinajstić information content (AvgIpc) is 2.66. The number of thiophene rings is 1. The highest BCUT2D eigenvalue weighted by molar-refractivity contribution is 7.16. The zero-order chi connectivity index (χ0) is 12.3. The van der Waals surface area contributed by atoms with Crippen molar-refractivity contribution < 1.29 is 4.79 Å². The normalized spacial score (nSPS) is 13.9. The highest BCUT2D eigenvalue weighted by Crippen LogP contribution is 2.37. The van der Waals surface area contributed by atoms with Gasteiger partial charge in [0.25, 0.3) is 0 Å². The second kappa shape index (κ2) is 5.30. The van der Waals surface area contributed by atoms with Crippen molar-refractivity contribution >= 4 is 22.2 Å². The van der Waals surface area contributed by atoms with Gasteiger partial charge < -0.3 is 10.6 Å². The maximum Gasteiger partial charge on any atom is 0.238 e. The molecule has 0 saturated heterocycles. The van der Waals surface area contributed by atoms with Gasteiger partial charge in [0.2, 0.25) is 5.91 Å². The molecule has 2 N–H and O–H groups in total. The molecular formula is C12H15N3OS. The first-order valence-electron chi connectivity index (χ1n) is 5.75. The van der Waals surface area contributed by atoms with Gasteiger partial charge in [0.05, 0.1) is 12.1 Å². The number of likely N-dealkylation sites (N-methyl/N-ethyl adjacent to an activating group) is 1. The minimum atomic E-state index is -0.0948. The van der Waals surface area contributed by atoms with Gasteiger partial charge >= 0.3 is 0 Å². The fraction of sp³-hybridized carbons (Fsp3) is 0.500. The number of carbonyl (C=O) groups is 1. The fourth-order valence-corrected chi connectivity index (χ4v) is 3.36. The van der Waals surface area contributed by atoms with Gasteiger partial charge in [0.15, 0.2) is 0 Å². The standard InChI is InChI=1S/C12H15N3OS/c1-14-7-11(16)15-12-9(6-13)8-4-2-3-5-10(8)17-12/h14H,2-5,7H2,1H3,(H,15,16). The summed E-state index contributed by atoms with van der Waals surface area (Å²) in [7, 11) is 1.73. The Kier molecular flexibility index (Phi) is 3.77. The number of hydrogen-bond donors (Lipinski definition) is 2. The lowest BCUT2D eigenvalue weighted by molar-refractivity contribution is -0.115. The van der Waals surface area contributed by atoms with E-state index in [1.54, 1.807) is 18.4 Å². The maximum atomic E-state index is 11.5. The lowest BCUT2D eigenvalue weighted by atomic mass is 9.96. The molecule has 0 spiro atoms. The molecule has 1 heterocycles. The van der Waals surface area contributed by atoms with E-state index in [-0.39, 0.29) is 12.5 Å². The smallest absolute Gasteiger partial charge is 0.238 e. The molecule has 0 unspecified atom stereocenters. The molecule has 4 nitrogen and oxygen atoms in total. The fourth-order valence-electron chi connectivity index (χ4n) is 2.10. The van der Waals surface area contributed by atoms with Crippen LogP contribution in [0.2, 0.25) is 0 Å². The van der Waals surface area contributed by atoms with Crippen molar-refractivity contribution in [2.24, 2.45) is 0 Å². The summed E-state index contributed by atoms with van der Waals surface area (Å²) < 4.78 is 0. The topological polar surface area (TPSA) is 64.9 Å². The molecule has 0 aliphatic heterocycles. The highest BCUT2D eigenvalue weighted by atomic mass is 32.1. The average molecular weight is 249 g/mol. The molecule has 0 atom stereocenters. The molecule has 0 radical (unpaired) electrons. The van der Waals surface area contributed by atoms with Crippen LogP contribution in [0.25, 0.3) is 0 Å². The van der Waals surface area contributed by atoms with Gasteiger partial charge in [-0.15, -0.1) is 11.3 Å². The number of rotatable bonds is 3. The molecule has 0 bridgehead atoms. The first-order valence-corrected chi connectivity index (χ1v) is 6.57. The molecular weight excluding hydrogens is 234 g/mol. The molecule has 1 aliphatic carbocycles. The molecule has 1 aromatic heterocycles. The second-order valence-corrected chi connectivity index (χ2v) is 5.21.